The van der Waals surface area contributed by atoms with Crippen LogP contribution in [0.5, 0.6) is 0 Å². The minimum Gasteiger partial charge on any atom is -0.348 e. The first-order chi connectivity index (χ1) is 12.5. The van der Waals surface area contributed by atoms with Crippen molar-refractivity contribution in [1.82, 2.24) is 15.1 Å². The molecule has 0 bridgehead atoms. The average molecular weight is 395 g/mol. The molecule has 27 heavy (non-hydrogen) atoms. The topological polar surface area (TPSA) is 136 Å². The quantitative estimate of drug-likeness (QED) is 0.540. The van der Waals surface area contributed by atoms with Crippen molar-refractivity contribution in [3.63, 3.8) is 0 Å². The molecule has 1 aromatic heterocycles. The molecule has 1 aromatic carbocycles. The number of hydrogen-bond donors (Lipinski definition) is 2. The van der Waals surface area contributed by atoms with Crippen LogP contribution in [-0.4, -0.2) is 35.3 Å². The van der Waals surface area contributed by atoms with Crippen molar-refractivity contribution in [2.75, 3.05) is 11.0 Å². The van der Waals surface area contributed by atoms with E-state index in [4.69, 9.17) is 0 Å². The molecule has 10 nitrogen and oxygen atoms in total. The first-order valence-electron chi connectivity index (χ1n) is 8.03. The molecule has 0 saturated carbocycles. The van der Waals surface area contributed by atoms with Crippen LogP contribution in [0.1, 0.15) is 29.9 Å². The highest BCUT2D eigenvalue weighted by atomic mass is 32.2. The fourth-order valence-corrected chi connectivity index (χ4v) is 3.25. The van der Waals surface area contributed by atoms with Gasteiger partial charge in [0.25, 0.3) is 0 Å². The predicted octanol–water partition coefficient (Wildman–Crippen LogP) is 1.66. The molecule has 2 rings (SSSR count). The van der Waals surface area contributed by atoms with E-state index in [0.717, 1.165) is 6.26 Å². The Bertz CT molecular complexity index is 983. The van der Waals surface area contributed by atoms with Gasteiger partial charge in [0.15, 0.2) is 0 Å². The molecule has 1 amide bonds. The summed E-state index contributed by atoms with van der Waals surface area (Å²) in [6.45, 7) is 4.64. The second kappa shape index (κ2) is 7.74. The lowest BCUT2D eigenvalue weighted by atomic mass is 10.1. The average Bonchev–Trinajstić information content (AvgIpc) is 2.79. The van der Waals surface area contributed by atoms with Gasteiger partial charge >= 0.3 is 5.69 Å². The molecule has 0 spiro atoms. The fraction of sp³-hybridized carbons (Fsp3) is 0.375. The van der Waals surface area contributed by atoms with Crippen LogP contribution in [0.15, 0.2) is 24.3 Å². The molecule has 1 unspecified atom stereocenters. The number of benzene rings is 1. The van der Waals surface area contributed by atoms with Crippen LogP contribution in [-0.2, 0) is 21.4 Å². The number of aromatic nitrogens is 2. The molecule has 0 saturated heterocycles. The first-order valence-corrected chi connectivity index (χ1v) is 9.92. The fourth-order valence-electron chi connectivity index (χ4n) is 2.70. The zero-order chi connectivity index (χ0) is 20.4. The Morgan fingerprint density at radius 3 is 2.59 bits per heavy atom. The Kier molecular flexibility index (Phi) is 5.84. The molecule has 2 N–H and O–H groups in total. The van der Waals surface area contributed by atoms with Crippen molar-refractivity contribution >= 4 is 27.3 Å². The third-order valence-corrected chi connectivity index (χ3v) is 4.49. The van der Waals surface area contributed by atoms with Crippen LogP contribution in [0.4, 0.5) is 11.4 Å². The Balaban J connectivity index is 2.09. The summed E-state index contributed by atoms with van der Waals surface area (Å²) in [6.07, 6.45) is 1.05. The van der Waals surface area contributed by atoms with Crippen LogP contribution >= 0.6 is 0 Å². The molecule has 0 aliphatic carbocycles. The van der Waals surface area contributed by atoms with E-state index >= 15 is 0 Å². The Morgan fingerprint density at radius 2 is 2.04 bits per heavy atom. The predicted molar refractivity (Wildman–Crippen MR) is 99.8 cm³/mol. The van der Waals surface area contributed by atoms with Gasteiger partial charge in [-0.05, 0) is 38.5 Å². The SMILES string of the molecule is Cc1nn(CC(=O)NC(C)c2cccc(NS(C)(=O)=O)c2)c(C)c1[N+](=O)[O-]. The van der Waals surface area contributed by atoms with Gasteiger partial charge < -0.3 is 5.32 Å². The van der Waals surface area contributed by atoms with Gasteiger partial charge in [0.2, 0.25) is 15.9 Å². The minimum atomic E-state index is -3.40. The smallest absolute Gasteiger partial charge is 0.312 e. The number of nitro groups is 1. The molecule has 2 aromatic rings. The number of rotatable bonds is 7. The molecule has 11 heteroatoms. The molecule has 0 aliphatic rings. The lowest BCUT2D eigenvalue weighted by molar-refractivity contribution is -0.386. The number of sulfonamides is 1. The number of nitrogens with zero attached hydrogens (tertiary/aromatic N) is 3. The first kappa shape index (κ1) is 20.4. The largest absolute Gasteiger partial charge is 0.348 e. The second-order valence-electron chi connectivity index (χ2n) is 6.22. The summed E-state index contributed by atoms with van der Waals surface area (Å²) in [5.41, 5.74) is 1.55. The number of hydrogen-bond acceptors (Lipinski definition) is 6. The van der Waals surface area contributed by atoms with Crippen molar-refractivity contribution in [3.05, 3.63) is 51.3 Å². The van der Waals surface area contributed by atoms with Crippen LogP contribution < -0.4 is 10.0 Å². The van der Waals surface area contributed by atoms with Crippen molar-refractivity contribution in [3.8, 4) is 0 Å². The molecule has 1 heterocycles. The number of anilines is 1. The number of aryl methyl sites for hydroxylation is 1. The summed E-state index contributed by atoms with van der Waals surface area (Å²) >= 11 is 0. The number of carbonyl (C=O) groups is 1. The van der Waals surface area contributed by atoms with Gasteiger partial charge in [0.05, 0.1) is 17.2 Å². The standard InChI is InChI=1S/C16H21N5O5S/c1-10(13-6-5-7-14(8-13)19-27(4,25)26)17-15(22)9-20-12(3)16(21(23)24)11(2)18-20/h5-8,10,19H,9H2,1-4H3,(H,17,22). The summed E-state index contributed by atoms with van der Waals surface area (Å²) in [4.78, 5) is 22.8. The van der Waals surface area contributed by atoms with Crippen molar-refractivity contribution in [1.29, 1.82) is 0 Å². The summed E-state index contributed by atoms with van der Waals surface area (Å²) < 4.78 is 26.3. The van der Waals surface area contributed by atoms with E-state index in [1.807, 2.05) is 0 Å². The molecule has 0 fully saturated rings. The number of amides is 1. The molecule has 0 aliphatic heterocycles. The van der Waals surface area contributed by atoms with Gasteiger partial charge in [-0.1, -0.05) is 12.1 Å². The van der Waals surface area contributed by atoms with E-state index in [9.17, 15) is 23.3 Å². The zero-order valence-corrected chi connectivity index (χ0v) is 16.2. The highest BCUT2D eigenvalue weighted by Gasteiger charge is 2.23. The van der Waals surface area contributed by atoms with Crippen LogP contribution in [0.3, 0.4) is 0 Å². The summed E-state index contributed by atoms with van der Waals surface area (Å²) in [6, 6.07) is 6.27. The normalized spacial score (nSPS) is 12.4. The van der Waals surface area contributed by atoms with Crippen LogP contribution in [0, 0.1) is 24.0 Å². The van der Waals surface area contributed by atoms with E-state index in [1.165, 1.54) is 18.5 Å². The van der Waals surface area contributed by atoms with Crippen molar-refractivity contribution in [2.24, 2.45) is 0 Å². The Hall–Kier alpha value is -2.95. The van der Waals surface area contributed by atoms with Crippen LogP contribution in [0.2, 0.25) is 0 Å². The van der Waals surface area contributed by atoms with E-state index in [1.54, 1.807) is 31.2 Å². The Labute approximate surface area is 156 Å². The molecule has 0 radical (unpaired) electrons. The summed E-state index contributed by atoms with van der Waals surface area (Å²) in [5.74, 6) is -0.371. The number of carbonyl (C=O) groups excluding carboxylic acids is 1. The lowest BCUT2D eigenvalue weighted by Crippen LogP contribution is -2.30. The summed E-state index contributed by atoms with van der Waals surface area (Å²) in [7, 11) is -3.40. The van der Waals surface area contributed by atoms with Gasteiger partial charge in [-0.25, -0.2) is 8.42 Å². The molecular formula is C16H21N5O5S. The zero-order valence-electron chi connectivity index (χ0n) is 15.4. The second-order valence-corrected chi connectivity index (χ2v) is 7.97. The highest BCUT2D eigenvalue weighted by Crippen LogP contribution is 2.22. The maximum absolute atomic E-state index is 12.3. The maximum Gasteiger partial charge on any atom is 0.312 e. The highest BCUT2D eigenvalue weighted by molar-refractivity contribution is 7.92. The van der Waals surface area contributed by atoms with Gasteiger partial charge in [0.1, 0.15) is 17.9 Å². The molecule has 1 atom stereocenters. The maximum atomic E-state index is 12.3. The van der Waals surface area contributed by atoms with E-state index in [0.29, 0.717) is 16.9 Å². The van der Waals surface area contributed by atoms with E-state index in [-0.39, 0.29) is 23.8 Å². The van der Waals surface area contributed by atoms with Gasteiger partial charge in [-0.3, -0.25) is 24.3 Å². The minimum absolute atomic E-state index is 0.101. The van der Waals surface area contributed by atoms with Crippen LogP contribution in [0.25, 0.3) is 0 Å². The Morgan fingerprint density at radius 1 is 1.37 bits per heavy atom. The summed E-state index contributed by atoms with van der Waals surface area (Å²) in [5, 5.41) is 17.9. The van der Waals surface area contributed by atoms with Gasteiger partial charge in [-0.2, -0.15) is 5.10 Å². The van der Waals surface area contributed by atoms with Crippen molar-refractivity contribution in [2.45, 2.75) is 33.4 Å². The van der Waals surface area contributed by atoms with E-state index < -0.39 is 21.0 Å². The molecule has 146 valence electrons. The monoisotopic (exact) mass is 395 g/mol. The van der Waals surface area contributed by atoms with Gasteiger partial charge in [0, 0.05) is 5.69 Å². The lowest BCUT2D eigenvalue weighted by Gasteiger charge is -2.16. The number of nitrogens with one attached hydrogen (secondary N) is 2. The molecular weight excluding hydrogens is 374 g/mol. The van der Waals surface area contributed by atoms with Gasteiger partial charge in [-0.15, -0.1) is 0 Å². The third kappa shape index (κ3) is 5.26. The third-order valence-electron chi connectivity index (χ3n) is 3.89. The van der Waals surface area contributed by atoms with Crippen molar-refractivity contribution < 1.29 is 18.1 Å². The van der Waals surface area contributed by atoms with E-state index in [2.05, 4.69) is 15.1 Å².